The fourth-order valence-electron chi connectivity index (χ4n) is 3.89. The zero-order valence-electron chi connectivity index (χ0n) is 16.3. The molecule has 146 valence electrons. The van der Waals surface area contributed by atoms with Crippen molar-refractivity contribution in [3.63, 3.8) is 0 Å². The average Bonchev–Trinajstić information content (AvgIpc) is 3.23. The van der Waals surface area contributed by atoms with Crippen LogP contribution in [0.25, 0.3) is 21.5 Å². The second-order valence-corrected chi connectivity index (χ2v) is 9.85. The average molecular weight is 447 g/mol. The number of ether oxygens (including phenoxy) is 2. The van der Waals surface area contributed by atoms with E-state index in [1.165, 1.54) is 32.7 Å². The summed E-state index contributed by atoms with van der Waals surface area (Å²) in [6.45, 7) is 1.31. The van der Waals surface area contributed by atoms with Gasteiger partial charge in [0.15, 0.2) is 0 Å². The third-order valence-electron chi connectivity index (χ3n) is 5.53. The van der Waals surface area contributed by atoms with E-state index in [9.17, 15) is 0 Å². The number of hydrogen-bond acceptors (Lipinski definition) is 2. The van der Waals surface area contributed by atoms with Crippen molar-refractivity contribution in [2.45, 2.75) is 36.1 Å². The number of fused-ring (bicyclic) bond motifs is 2. The molecule has 0 spiro atoms. The zero-order valence-corrected chi connectivity index (χ0v) is 18.0. The fourth-order valence-corrected chi connectivity index (χ4v) is 6.45. The van der Waals surface area contributed by atoms with Crippen molar-refractivity contribution < 1.29 is 9.47 Å². The first-order chi connectivity index (χ1) is 14.3. The summed E-state index contributed by atoms with van der Waals surface area (Å²) in [4.78, 5) is 0. The maximum atomic E-state index is 6.30. The van der Waals surface area contributed by atoms with E-state index in [0.29, 0.717) is 28.2 Å². The van der Waals surface area contributed by atoms with Gasteiger partial charge in [0.1, 0.15) is 0 Å². The van der Waals surface area contributed by atoms with Crippen LogP contribution in [-0.4, -0.2) is 27.2 Å². The summed E-state index contributed by atoms with van der Waals surface area (Å²) in [7, 11) is 0. The summed E-state index contributed by atoms with van der Waals surface area (Å²) < 4.78 is 12.6. The predicted molar refractivity (Wildman–Crippen MR) is 120 cm³/mol. The molecule has 1 fully saturated rings. The topological polar surface area (TPSA) is 18.5 Å². The van der Waals surface area contributed by atoms with Crippen molar-refractivity contribution in [1.29, 1.82) is 0 Å². The van der Waals surface area contributed by atoms with E-state index in [-0.39, 0.29) is 12.2 Å². The monoisotopic (exact) mass is 448 g/mol. The number of hydrogen-bond donors (Lipinski definition) is 0. The van der Waals surface area contributed by atoms with Gasteiger partial charge in [-0.3, -0.25) is 0 Å². The molecule has 0 amide bonds. The van der Waals surface area contributed by atoms with E-state index in [1.807, 2.05) is 0 Å². The van der Waals surface area contributed by atoms with Gasteiger partial charge in [-0.05, 0) is 0 Å². The van der Waals surface area contributed by atoms with Crippen LogP contribution in [0.4, 0.5) is 0 Å². The second-order valence-electron chi connectivity index (χ2n) is 7.60. The Morgan fingerprint density at radius 2 is 1.03 bits per heavy atom. The molecule has 0 saturated carbocycles. The molecular weight excluding hydrogens is 423 g/mol. The van der Waals surface area contributed by atoms with Crippen LogP contribution in [0.2, 0.25) is 10.6 Å². The fraction of sp³-hybridized carbons (Fsp3) is 0.231. The molecule has 29 heavy (non-hydrogen) atoms. The normalized spacial score (nSPS) is 19.2. The maximum absolute atomic E-state index is 6.30. The molecule has 1 aliphatic heterocycles. The molecule has 1 heterocycles. The summed E-state index contributed by atoms with van der Waals surface area (Å²) in [6, 6.07) is 30.1. The van der Waals surface area contributed by atoms with Gasteiger partial charge in [-0.1, -0.05) is 0 Å². The van der Waals surface area contributed by atoms with Gasteiger partial charge < -0.3 is 0 Å². The van der Waals surface area contributed by atoms with Gasteiger partial charge in [0, 0.05) is 0 Å². The van der Waals surface area contributed by atoms with Crippen LogP contribution in [0.5, 0.6) is 0 Å². The molecule has 0 unspecified atom stereocenters. The minimum absolute atomic E-state index is 0.210. The van der Waals surface area contributed by atoms with Crippen LogP contribution in [-0.2, 0) is 22.7 Å². The Morgan fingerprint density at radius 3 is 1.52 bits per heavy atom. The Hall–Kier alpha value is -2.16. The Bertz CT molecular complexity index is 1030. The van der Waals surface area contributed by atoms with Crippen LogP contribution in [0.1, 0.15) is 11.1 Å². The van der Waals surface area contributed by atoms with E-state index in [0.717, 1.165) is 10.6 Å². The Morgan fingerprint density at radius 1 is 0.586 bits per heavy atom. The zero-order chi connectivity index (χ0) is 19.5. The SMILES string of the molecule is c1ccc2cc(CO[C@H]3C[Se]C[C@@H]3OCc3ccc4ccccc4c3)ccc2c1. The summed E-state index contributed by atoms with van der Waals surface area (Å²) >= 11 is 0.613. The summed E-state index contributed by atoms with van der Waals surface area (Å²) in [5, 5.41) is 7.38. The molecule has 5 rings (SSSR count). The van der Waals surface area contributed by atoms with Crippen LogP contribution in [0.3, 0.4) is 0 Å². The number of rotatable bonds is 6. The second kappa shape index (κ2) is 8.69. The molecule has 4 aromatic carbocycles. The first kappa shape index (κ1) is 18.8. The molecule has 2 atom stereocenters. The molecule has 2 nitrogen and oxygen atoms in total. The minimum atomic E-state index is 0.210. The van der Waals surface area contributed by atoms with E-state index in [2.05, 4.69) is 84.9 Å². The first-order valence-electron chi connectivity index (χ1n) is 10.1. The van der Waals surface area contributed by atoms with Gasteiger partial charge in [0.2, 0.25) is 0 Å². The summed E-state index contributed by atoms with van der Waals surface area (Å²) in [5.74, 6) is 0. The van der Waals surface area contributed by atoms with Crippen LogP contribution in [0.15, 0.2) is 84.9 Å². The quantitative estimate of drug-likeness (QED) is 0.337. The van der Waals surface area contributed by atoms with E-state index in [4.69, 9.17) is 9.47 Å². The van der Waals surface area contributed by atoms with Gasteiger partial charge >= 0.3 is 178 Å². The molecule has 1 aliphatic rings. The van der Waals surface area contributed by atoms with Crippen molar-refractivity contribution >= 4 is 36.5 Å². The molecule has 3 heteroatoms. The molecule has 0 bridgehead atoms. The Kier molecular flexibility index (Phi) is 5.64. The van der Waals surface area contributed by atoms with Crippen molar-refractivity contribution in [3.8, 4) is 0 Å². The molecule has 0 N–H and O–H groups in total. The predicted octanol–water partition coefficient (Wildman–Crippen LogP) is 6.02. The molecule has 0 aromatic heterocycles. The Labute approximate surface area is 178 Å². The van der Waals surface area contributed by atoms with Crippen LogP contribution in [0, 0.1) is 0 Å². The third-order valence-corrected chi connectivity index (χ3v) is 7.90. The molecule has 4 aromatic rings. The van der Waals surface area contributed by atoms with Crippen molar-refractivity contribution in [2.75, 3.05) is 0 Å². The summed E-state index contributed by atoms with van der Waals surface area (Å²) in [5.41, 5.74) is 2.47. The van der Waals surface area contributed by atoms with E-state index in [1.54, 1.807) is 0 Å². The molecular formula is C26H24O2Se. The molecule has 1 saturated heterocycles. The first-order valence-corrected chi connectivity index (χ1v) is 12.5. The third kappa shape index (κ3) is 4.39. The van der Waals surface area contributed by atoms with E-state index >= 15 is 0 Å². The van der Waals surface area contributed by atoms with Gasteiger partial charge in [-0.15, -0.1) is 0 Å². The van der Waals surface area contributed by atoms with Crippen molar-refractivity contribution in [2.24, 2.45) is 0 Å². The molecule has 0 radical (unpaired) electrons. The standard InChI is InChI=1S/C26H24O2Se/c1-3-7-23-13-19(9-11-21(23)5-1)15-27-25-17-29-18-26(25)28-16-20-10-12-22-6-2-4-8-24(22)14-20/h1-14,25-26H,15-18H2/t25-,26-/m0/s1. The van der Waals surface area contributed by atoms with Crippen molar-refractivity contribution in [1.82, 2.24) is 0 Å². The van der Waals surface area contributed by atoms with Gasteiger partial charge in [0.05, 0.1) is 0 Å². The molecule has 0 aliphatic carbocycles. The van der Waals surface area contributed by atoms with E-state index < -0.39 is 0 Å². The summed E-state index contributed by atoms with van der Waals surface area (Å²) in [6.07, 6.45) is 0.420. The van der Waals surface area contributed by atoms with Crippen molar-refractivity contribution in [3.05, 3.63) is 96.1 Å². The van der Waals surface area contributed by atoms with Gasteiger partial charge in [-0.25, -0.2) is 0 Å². The van der Waals surface area contributed by atoms with Crippen LogP contribution < -0.4 is 0 Å². The van der Waals surface area contributed by atoms with Gasteiger partial charge in [-0.2, -0.15) is 0 Å². The number of benzene rings is 4. The Balaban J connectivity index is 1.20. The van der Waals surface area contributed by atoms with Gasteiger partial charge in [0.25, 0.3) is 0 Å². The van der Waals surface area contributed by atoms with Crippen LogP contribution >= 0.6 is 0 Å².